The molecule has 14 N–H and O–H groups in total. The van der Waals surface area contributed by atoms with E-state index >= 15 is 0 Å². The molecule has 2 aromatic carbocycles. The average molecular weight is 2090 g/mol. The minimum Gasteiger partial charge on any atom is -0.463 e. The Morgan fingerprint density at radius 3 is 0.980 bits per heavy atom. The molecule has 1 saturated heterocycles. The van der Waals surface area contributed by atoms with E-state index in [1.807, 2.05) is 35.3 Å². The van der Waals surface area contributed by atoms with Crippen LogP contribution in [0.3, 0.4) is 0 Å². The highest BCUT2D eigenvalue weighted by Gasteiger charge is 2.22. The number of para-hydroxylation sites is 1. The van der Waals surface area contributed by atoms with Crippen molar-refractivity contribution in [2.45, 2.75) is 60.9 Å². The van der Waals surface area contributed by atoms with Crippen LogP contribution in [-0.4, -0.2) is 214 Å². The molecule has 53 nitrogen and oxygen atoms in total. The van der Waals surface area contributed by atoms with E-state index in [2.05, 4.69) is 131 Å². The molecule has 0 unspecified atom stereocenters. The maximum atomic E-state index is 11.6. The minimum atomic E-state index is -0.898. The van der Waals surface area contributed by atoms with E-state index in [0.29, 0.717) is 64.0 Å². The Morgan fingerprint density at radius 1 is 0.353 bits per heavy atom. The van der Waals surface area contributed by atoms with Crippen LogP contribution < -0.4 is 85.6 Å². The number of nitrogens with one attached hydrogen (secondary N) is 14. The molecule has 150 heavy (non-hydrogen) atoms. The first-order valence-electron chi connectivity index (χ1n) is 43.5. The third kappa shape index (κ3) is 53.3. The van der Waals surface area contributed by atoms with Crippen molar-refractivity contribution in [2.75, 3.05) is 85.9 Å². The smallest absolute Gasteiger partial charge is 0.463 e. The van der Waals surface area contributed by atoms with Crippen molar-refractivity contribution < 1.29 is 166 Å². The van der Waals surface area contributed by atoms with Gasteiger partial charge in [0, 0.05) is 129 Å². The number of carbonyl (C=O) groups excluding carboxylic acids is 19. The number of benzene rings is 2. The molecule has 0 saturated carbocycles. The molecule has 7 aliphatic rings. The molecule has 7 aliphatic heterocycles. The summed E-state index contributed by atoms with van der Waals surface area (Å²) in [5, 5.41) is 30.8. The number of aromatic nitrogens is 2. The molecule has 0 radical (unpaired) electrons. The summed E-state index contributed by atoms with van der Waals surface area (Å²) in [5.74, 6) is -10.9. The molecule has 4 aromatic rings. The Balaban J connectivity index is 0.000000316. The van der Waals surface area contributed by atoms with Gasteiger partial charge in [-0.3, -0.25) is 48.2 Å². The van der Waals surface area contributed by atoms with Crippen LogP contribution in [0.25, 0.3) is 0 Å². The first-order valence-corrected chi connectivity index (χ1v) is 43.5. The van der Waals surface area contributed by atoms with Gasteiger partial charge in [0.15, 0.2) is 18.1 Å². The zero-order valence-corrected chi connectivity index (χ0v) is 79.8. The van der Waals surface area contributed by atoms with Gasteiger partial charge in [0.25, 0.3) is 41.0 Å². The number of ether oxygens (including phenoxy) is 14. The van der Waals surface area contributed by atoms with Crippen LogP contribution in [0.4, 0.5) is 0 Å². The Kier molecular flexibility index (Phi) is 52.5. The number of aromatic amines is 2. The quantitative estimate of drug-likeness (QED) is 0.00699. The predicted molar refractivity (Wildman–Crippen MR) is 515 cm³/mol. The second-order valence-electron chi connectivity index (χ2n) is 29.8. The van der Waals surface area contributed by atoms with Gasteiger partial charge in [-0.15, -0.1) is 0 Å². The highest BCUT2D eigenvalue weighted by atomic mass is 16.7. The number of amides is 6. The molecule has 796 valence electrons. The lowest BCUT2D eigenvalue weighted by Crippen LogP contribution is -2.36. The number of hydrogen-bond acceptors (Lipinski definition) is 45. The monoisotopic (exact) mass is 2090 g/mol. The number of esters is 13. The molecule has 0 bridgehead atoms. The Morgan fingerprint density at radius 2 is 0.660 bits per heavy atom. The summed E-state index contributed by atoms with van der Waals surface area (Å²) in [6.45, 7) is 28.5. The van der Waals surface area contributed by atoms with Crippen molar-refractivity contribution in [2.24, 2.45) is 5.92 Å². The lowest BCUT2D eigenvalue weighted by Gasteiger charge is -2.26. The van der Waals surface area contributed by atoms with Gasteiger partial charge in [0.2, 0.25) is 6.79 Å². The first-order chi connectivity index (χ1) is 71.0. The van der Waals surface area contributed by atoms with Crippen LogP contribution in [-0.2, 0) is 172 Å². The van der Waals surface area contributed by atoms with Gasteiger partial charge in [0.1, 0.15) is 93.5 Å². The van der Waals surface area contributed by atoms with Crippen molar-refractivity contribution in [1.29, 1.82) is 0 Å². The normalized spacial score (nSPS) is 14.4. The van der Waals surface area contributed by atoms with Crippen molar-refractivity contribution >= 4 is 113 Å². The standard InChI is InChI=1S/C18H25N3O6.C17H16N2O5.C16H14N2O5.C15H14N4O7.C15H14N2O8.C15H18N2O7.CH4/c1-14-19-15(12-16(22)20-14)13-27-18(24)5-4-17(23)26-9-3-2-6-21-7-10-25-11-8-21;1-12-18-14(9-15(20)19-12)11-24-17(22)8-7-16(21)23-10-13-5-3-2-4-6-13;1-11-17-12(9-14(19)18-11)10-22-15(20)7-8-16(21)23-13-5-3-2-4-6-13;1-8-16-9(4-11(20)17-8)6-25-13(22)2-3-14(23)26-7-10-5-12(21)19-15(24)18-10;1-8-11(25-15(21)24-8)7-23-14(20)4-3-13(19)22-6-10-5-12(18)17-9(2)16-10;1-9(2)15(21)24-8-23-14(20)5-4-13(19)22-7-11-6-12(18)17-10(3)16-11;/h4-5,12,19H,1-3,6-11,13H2,(H,20,22);2-9,18H,1,10-11H2,(H,19,20);2-9,17H,1,10H2,(H,18,19);2-5,16H,1,6-7H2,(H,17,20)(H2,18,19,21,24);3-5,16H,2,6-7H2,1H3,(H,17,18);4-6,9,16H,3,7-8H2,1-2H3,(H,17,18);1H4/b5-4+;2*8-7+;3-2+;4-3+;5-4+;. The third-order valence-corrected chi connectivity index (χ3v) is 17.3. The number of morpholine rings is 1. The van der Waals surface area contributed by atoms with E-state index in [1.54, 1.807) is 44.2 Å². The molecular formula is C97H105N15O38. The van der Waals surface area contributed by atoms with E-state index < -0.39 is 113 Å². The first kappa shape index (κ1) is 121. The average Bonchev–Trinajstić information content (AvgIpc) is 1.78. The van der Waals surface area contributed by atoms with Crippen LogP contribution >= 0.6 is 0 Å². The largest absolute Gasteiger partial charge is 0.519 e. The lowest BCUT2D eigenvalue weighted by molar-refractivity contribution is -0.167. The molecule has 53 heteroatoms. The van der Waals surface area contributed by atoms with Gasteiger partial charge in [-0.1, -0.05) is 109 Å². The van der Waals surface area contributed by atoms with Gasteiger partial charge in [-0.2, -0.15) is 0 Å². The number of hydrogen-bond donors (Lipinski definition) is 14. The second-order valence-corrected chi connectivity index (χ2v) is 29.8. The van der Waals surface area contributed by atoms with E-state index in [-0.39, 0.29) is 131 Å². The third-order valence-electron chi connectivity index (χ3n) is 17.3. The summed E-state index contributed by atoms with van der Waals surface area (Å²) < 4.78 is 77.5. The van der Waals surface area contributed by atoms with Gasteiger partial charge >= 0.3 is 89.1 Å². The van der Waals surface area contributed by atoms with Gasteiger partial charge in [0.05, 0.1) is 65.6 Å². The molecule has 0 atom stereocenters. The molecule has 1 fully saturated rings. The molecular weight excluding hydrogens is 1980 g/mol. The van der Waals surface area contributed by atoms with Crippen LogP contribution in [0.1, 0.15) is 56.9 Å². The zero-order valence-electron chi connectivity index (χ0n) is 79.8. The van der Waals surface area contributed by atoms with E-state index in [0.717, 1.165) is 130 Å². The summed E-state index contributed by atoms with van der Waals surface area (Å²) >= 11 is 0. The molecule has 0 aliphatic carbocycles. The fourth-order valence-corrected chi connectivity index (χ4v) is 10.8. The number of carbonyl (C=O) groups is 19. The number of rotatable bonds is 39. The van der Waals surface area contributed by atoms with E-state index in [4.69, 9.17) is 56.8 Å². The summed E-state index contributed by atoms with van der Waals surface area (Å²) in [7, 11) is 0. The van der Waals surface area contributed by atoms with Gasteiger partial charge in [-0.25, -0.2) is 67.1 Å². The van der Waals surface area contributed by atoms with Crippen molar-refractivity contribution in [3.05, 3.63) is 339 Å². The summed E-state index contributed by atoms with van der Waals surface area (Å²) in [6, 6.07) is 18.7. The van der Waals surface area contributed by atoms with Crippen molar-refractivity contribution in [1.82, 2.24) is 78.7 Å². The fourth-order valence-electron chi connectivity index (χ4n) is 10.8. The highest BCUT2D eigenvalue weighted by molar-refractivity contribution is 5.98. The summed E-state index contributed by atoms with van der Waals surface area (Å²) in [6.07, 6.45) is 20.0. The maximum absolute atomic E-state index is 11.6. The van der Waals surface area contributed by atoms with E-state index in [1.165, 1.54) is 43.4 Å². The topological polar surface area (TPSA) is 710 Å². The summed E-state index contributed by atoms with van der Waals surface area (Å²) in [5.41, 5.74) is 1.73. The Bertz CT molecular complexity index is 6280. The van der Waals surface area contributed by atoms with Crippen LogP contribution in [0, 0.1) is 12.8 Å². The van der Waals surface area contributed by atoms with Crippen LogP contribution in [0.15, 0.2) is 308 Å². The number of aryl methyl sites for hydroxylation is 1. The molecule has 0 spiro atoms. The van der Waals surface area contributed by atoms with Crippen molar-refractivity contribution in [3.8, 4) is 5.75 Å². The van der Waals surface area contributed by atoms with Crippen LogP contribution in [0.5, 0.6) is 5.75 Å². The van der Waals surface area contributed by atoms with Crippen molar-refractivity contribution in [3.63, 3.8) is 0 Å². The fraction of sp³-hybridized carbons (Fsp3) is 0.237. The number of unbranched alkanes of at least 4 members (excludes halogenated alkanes) is 1. The molecule has 11 rings (SSSR count). The zero-order chi connectivity index (χ0) is 109. The molecule has 6 amide bonds. The maximum Gasteiger partial charge on any atom is 0.519 e. The SMILES string of the molecule is C.C=C1NC(=O)C=C(COC(=O)/C=C/C(=O)OCCCCN2CCOCC2)N1.C=C1NC(=O)C=C(COC(=O)/C=C/C(=O)OCOC(=O)C(C)C)N1.C=C1NC(=O)C=C(COC(=O)/C=C/C(=O)OCc2cc(=O)[nH]c(=O)[nH]2)N1.C=C1NC(=O)C=C(COC(=O)/C=C/C(=O)OCc2ccccc2)N1.C=C1NC(=O)C=C(COC(=O)/C=C/C(=O)OCc2oc(=O)oc2C)N1.C=C1NC(=O)C=C(COC(=O)/C=C/C(=O)Oc2ccccc2)N1. The number of nitrogens with zero attached hydrogens (tertiary/aromatic N) is 1. The lowest BCUT2D eigenvalue weighted by atomic mass is 10.2. The second kappa shape index (κ2) is 65.3. The highest BCUT2D eigenvalue weighted by Crippen LogP contribution is 2.14. The van der Waals surface area contributed by atoms with Gasteiger partial charge in [-0.05, 0) is 44.0 Å². The number of H-pyrrole nitrogens is 2. The van der Waals surface area contributed by atoms with E-state index in [9.17, 15) is 105 Å². The molecule has 2 aromatic heterocycles. The van der Waals surface area contributed by atoms with Crippen LogP contribution in [0.2, 0.25) is 0 Å². The Labute approximate surface area is 851 Å². The van der Waals surface area contributed by atoms with Gasteiger partial charge < -0.3 is 144 Å². The predicted octanol–water partition coefficient (Wildman–Crippen LogP) is 0.0204. The Hall–Kier alpha value is -19.9. The minimum absolute atomic E-state index is 0. The molecule has 9 heterocycles. The summed E-state index contributed by atoms with van der Waals surface area (Å²) in [4.78, 5) is 256.